The Bertz CT molecular complexity index is 1910. The Morgan fingerprint density at radius 3 is 2.47 bits per heavy atom. The molecule has 2 aliphatic rings. The van der Waals surface area contributed by atoms with Gasteiger partial charge in [-0.2, -0.15) is 22.7 Å². The van der Waals surface area contributed by atoms with Crippen LogP contribution in [-0.2, 0) is 28.7 Å². The third-order valence-corrected chi connectivity index (χ3v) is 8.08. The van der Waals surface area contributed by atoms with E-state index in [2.05, 4.69) is 20.4 Å². The number of fused-ring (bicyclic) bond motifs is 1. The molecule has 4 aromatic rings. The predicted octanol–water partition coefficient (Wildman–Crippen LogP) is 2.98. The van der Waals surface area contributed by atoms with Crippen LogP contribution in [0.3, 0.4) is 0 Å². The molecule has 0 radical (unpaired) electrons. The number of aromatic nitrogens is 5. The molecule has 2 amide bonds. The number of halogens is 3. The molecule has 5 heterocycles. The lowest BCUT2D eigenvalue weighted by Gasteiger charge is -2.36. The van der Waals surface area contributed by atoms with Gasteiger partial charge in [0.05, 0.1) is 24.5 Å². The highest BCUT2D eigenvalue weighted by Crippen LogP contribution is 2.30. The highest BCUT2D eigenvalue weighted by atomic mass is 19.4. The van der Waals surface area contributed by atoms with E-state index in [9.17, 15) is 32.7 Å². The molecule has 3 aromatic heterocycles. The summed E-state index contributed by atoms with van der Waals surface area (Å²) in [7, 11) is 0. The number of aromatic hydroxyl groups is 1. The van der Waals surface area contributed by atoms with E-state index >= 15 is 0 Å². The van der Waals surface area contributed by atoms with Crippen LogP contribution in [-0.4, -0.2) is 85.4 Å². The number of nitrogens with one attached hydrogen (secondary N) is 1. The lowest BCUT2D eigenvalue weighted by atomic mass is 10.1. The van der Waals surface area contributed by atoms with E-state index in [1.165, 1.54) is 30.5 Å². The van der Waals surface area contributed by atoms with Gasteiger partial charge in [-0.15, -0.1) is 5.10 Å². The monoisotopic (exact) mass is 652 g/mol. The van der Waals surface area contributed by atoms with Gasteiger partial charge in [-0.3, -0.25) is 14.4 Å². The second kappa shape index (κ2) is 12.9. The lowest BCUT2D eigenvalue weighted by Crippen LogP contribution is -2.51. The first kappa shape index (κ1) is 31.7. The fraction of sp³-hybridized carbons (Fsp3) is 0.355. The summed E-state index contributed by atoms with van der Waals surface area (Å²) < 4.78 is 47.3. The van der Waals surface area contributed by atoms with Gasteiger partial charge in [0, 0.05) is 38.1 Å². The van der Waals surface area contributed by atoms with Crippen molar-refractivity contribution in [3.8, 4) is 5.75 Å². The minimum Gasteiger partial charge on any atom is -0.505 e. The van der Waals surface area contributed by atoms with E-state index in [-0.39, 0.29) is 55.6 Å². The fourth-order valence-electron chi connectivity index (χ4n) is 5.73. The molecule has 13 nitrogen and oxygen atoms in total. The summed E-state index contributed by atoms with van der Waals surface area (Å²) in [6.45, 7) is 3.38. The van der Waals surface area contributed by atoms with E-state index in [0.29, 0.717) is 43.3 Å². The Labute approximate surface area is 265 Å². The largest absolute Gasteiger partial charge is 0.505 e. The smallest absolute Gasteiger partial charge is 0.416 e. The molecule has 1 fully saturated rings. The van der Waals surface area contributed by atoms with Crippen molar-refractivity contribution in [1.82, 2.24) is 29.0 Å². The van der Waals surface area contributed by atoms with Gasteiger partial charge in [-0.05, 0) is 54.8 Å². The van der Waals surface area contributed by atoms with Crippen molar-refractivity contribution in [2.45, 2.75) is 32.5 Å². The molecule has 16 heteroatoms. The molecule has 0 atom stereocenters. The number of amides is 2. The van der Waals surface area contributed by atoms with E-state index in [1.807, 2.05) is 17.9 Å². The molecular formula is C31H31F3N8O5. The molecule has 47 heavy (non-hydrogen) atoms. The first-order valence-electron chi connectivity index (χ1n) is 15.0. The third-order valence-electron chi connectivity index (χ3n) is 8.08. The van der Waals surface area contributed by atoms with Crippen molar-refractivity contribution in [2.24, 2.45) is 0 Å². The number of anilines is 2. The number of alkyl halides is 3. The van der Waals surface area contributed by atoms with E-state index < -0.39 is 29.1 Å². The zero-order chi connectivity index (χ0) is 33.3. The van der Waals surface area contributed by atoms with Gasteiger partial charge in [-0.25, -0.2) is 4.98 Å². The number of hydrogen-bond acceptors (Lipinski definition) is 9. The minimum absolute atomic E-state index is 0.0596. The normalized spacial score (nSPS) is 15.5. The van der Waals surface area contributed by atoms with Crippen molar-refractivity contribution in [2.75, 3.05) is 49.6 Å². The number of hydrogen-bond donors (Lipinski definition) is 2. The van der Waals surface area contributed by atoms with Crippen molar-refractivity contribution in [3.05, 3.63) is 81.8 Å². The predicted molar refractivity (Wildman–Crippen MR) is 164 cm³/mol. The number of ether oxygens (including phenoxy) is 1. The number of carbonyl (C=O) groups excluding carboxylic acids is 2. The molecule has 2 N–H and O–H groups in total. The number of pyridine rings is 1. The van der Waals surface area contributed by atoms with Crippen LogP contribution in [0.5, 0.6) is 5.75 Å². The fourth-order valence-corrected chi connectivity index (χ4v) is 5.73. The molecule has 246 valence electrons. The number of rotatable bonds is 7. The summed E-state index contributed by atoms with van der Waals surface area (Å²) >= 11 is 0. The highest BCUT2D eigenvalue weighted by molar-refractivity contribution is 5.95. The number of nitrogens with zero attached hydrogens (tertiary/aromatic N) is 7. The molecule has 1 aromatic carbocycles. The van der Waals surface area contributed by atoms with Crippen molar-refractivity contribution < 1.29 is 32.6 Å². The maximum atomic E-state index is 14.1. The van der Waals surface area contributed by atoms with Gasteiger partial charge in [0.2, 0.25) is 11.7 Å². The number of carbonyl (C=O) groups is 2. The Balaban J connectivity index is 1.34. The van der Waals surface area contributed by atoms with Crippen LogP contribution < -0.4 is 15.8 Å². The maximum absolute atomic E-state index is 14.1. The van der Waals surface area contributed by atoms with E-state index in [0.717, 1.165) is 22.2 Å². The molecule has 0 spiro atoms. The summed E-state index contributed by atoms with van der Waals surface area (Å²) in [6.07, 6.45) is -0.392. The van der Waals surface area contributed by atoms with Crippen LogP contribution in [0, 0.1) is 0 Å². The zero-order valence-electron chi connectivity index (χ0n) is 25.3. The summed E-state index contributed by atoms with van der Waals surface area (Å²) in [5.74, 6) is -0.738. The van der Waals surface area contributed by atoms with Crippen LogP contribution in [0.25, 0.3) is 11.4 Å². The molecule has 2 aliphatic heterocycles. The molecular weight excluding hydrogens is 621 g/mol. The average molecular weight is 653 g/mol. The van der Waals surface area contributed by atoms with Crippen LogP contribution >= 0.6 is 0 Å². The van der Waals surface area contributed by atoms with Crippen molar-refractivity contribution in [3.63, 3.8) is 0 Å². The molecule has 1 saturated heterocycles. The summed E-state index contributed by atoms with van der Waals surface area (Å²) in [5, 5.41) is 17.3. The highest BCUT2D eigenvalue weighted by Gasteiger charge is 2.31. The zero-order valence-corrected chi connectivity index (χ0v) is 25.3. The quantitative estimate of drug-likeness (QED) is 0.308. The lowest BCUT2D eigenvalue weighted by molar-refractivity contribution is -0.137. The number of benzene rings is 1. The molecule has 0 aliphatic carbocycles. The molecule has 0 bridgehead atoms. The van der Waals surface area contributed by atoms with Crippen LogP contribution in [0.1, 0.15) is 40.9 Å². The van der Waals surface area contributed by atoms with Crippen molar-refractivity contribution >= 4 is 34.5 Å². The Hall–Kier alpha value is -5.25. The molecule has 0 unspecified atom stereocenters. The van der Waals surface area contributed by atoms with Crippen LogP contribution in [0.15, 0.2) is 53.5 Å². The Kier molecular flexibility index (Phi) is 8.68. The van der Waals surface area contributed by atoms with Gasteiger partial charge in [0.15, 0.2) is 11.5 Å². The standard InChI is InChI=1S/C31H31F3N8O5/c1-2-22-26(39-12-14-40(15-13-39)28(45)25-23(43)4-3-11-35-25)29(46)42-30(37-27(38-42)19-9-16-47-17-10-19)41(22)18-24(44)36-21-7-5-20(6-8-21)31(32,33)34/h3-9,11,43H,2,10,12-18H2,1H3,(H,36,44). The Morgan fingerprint density at radius 2 is 1.83 bits per heavy atom. The van der Waals surface area contributed by atoms with Gasteiger partial charge < -0.3 is 29.5 Å². The minimum atomic E-state index is -4.51. The first-order valence-corrected chi connectivity index (χ1v) is 15.0. The first-order chi connectivity index (χ1) is 22.5. The summed E-state index contributed by atoms with van der Waals surface area (Å²) in [5.41, 5.74) is 0.435. The third kappa shape index (κ3) is 6.40. The second-order valence-corrected chi connectivity index (χ2v) is 11.0. The van der Waals surface area contributed by atoms with Gasteiger partial charge in [0.25, 0.3) is 11.5 Å². The Morgan fingerprint density at radius 1 is 1.09 bits per heavy atom. The van der Waals surface area contributed by atoms with Crippen LogP contribution in [0.4, 0.5) is 24.5 Å². The second-order valence-electron chi connectivity index (χ2n) is 11.0. The van der Waals surface area contributed by atoms with E-state index in [1.54, 1.807) is 9.47 Å². The molecule has 0 saturated carbocycles. The average Bonchev–Trinajstić information content (AvgIpc) is 3.52. The SMILES string of the molecule is CCc1c(N2CCN(C(=O)c3ncccc3O)CC2)c(=O)n2nc(C3=CCOCC3)nc2n1CC(=O)Nc1ccc(C(F)(F)F)cc1. The van der Waals surface area contributed by atoms with E-state index in [4.69, 9.17) is 4.74 Å². The number of piperazine rings is 1. The maximum Gasteiger partial charge on any atom is 0.416 e. The van der Waals surface area contributed by atoms with Gasteiger partial charge in [0.1, 0.15) is 18.0 Å². The molecule has 6 rings (SSSR count). The van der Waals surface area contributed by atoms with Crippen molar-refractivity contribution in [1.29, 1.82) is 0 Å². The summed E-state index contributed by atoms with van der Waals surface area (Å²) in [6, 6.07) is 7.02. The van der Waals surface area contributed by atoms with Gasteiger partial charge >= 0.3 is 6.18 Å². The summed E-state index contributed by atoms with van der Waals surface area (Å²) in [4.78, 5) is 52.5. The topological polar surface area (TPSA) is 147 Å². The van der Waals surface area contributed by atoms with Gasteiger partial charge in [-0.1, -0.05) is 13.0 Å². The van der Waals surface area contributed by atoms with Crippen LogP contribution in [0.2, 0.25) is 0 Å².